The van der Waals surface area contributed by atoms with E-state index in [1.54, 1.807) is 12.7 Å². The number of ether oxygens (including phenoxy) is 1. The standard InChI is InChI=1S/C16H22N2O/c1-15-8-16(9-18(3)14(16)13(15)17-2)11-6-5-10(19-4)7-12(11)15/h5-7,13-14,17H,8-9H2,1-4H3/t13-,14+,15+,16?/m1/s1. The third-order valence-electron chi connectivity index (χ3n) is 5.95. The molecule has 4 atom stereocenters. The zero-order valence-electron chi connectivity index (χ0n) is 12.2. The fourth-order valence-corrected chi connectivity index (χ4v) is 5.43. The number of nitrogens with one attached hydrogen (secondary N) is 1. The average Bonchev–Trinajstić information content (AvgIpc) is 2.79. The predicted molar refractivity (Wildman–Crippen MR) is 75.9 cm³/mol. The van der Waals surface area contributed by atoms with Crippen LogP contribution in [0.15, 0.2) is 18.2 Å². The van der Waals surface area contributed by atoms with Crippen molar-refractivity contribution in [3.63, 3.8) is 0 Å². The number of methoxy groups -OCH3 is 1. The third-order valence-corrected chi connectivity index (χ3v) is 5.95. The summed E-state index contributed by atoms with van der Waals surface area (Å²) in [7, 11) is 6.12. The Bertz CT molecular complexity index is 558. The van der Waals surface area contributed by atoms with Gasteiger partial charge in [0.25, 0.3) is 0 Å². The molecule has 0 amide bonds. The molecule has 4 rings (SSSR count). The molecule has 1 N–H and O–H groups in total. The van der Waals surface area contributed by atoms with Crippen LogP contribution < -0.4 is 10.1 Å². The maximum Gasteiger partial charge on any atom is 0.119 e. The zero-order valence-corrected chi connectivity index (χ0v) is 12.2. The van der Waals surface area contributed by atoms with Gasteiger partial charge in [-0.15, -0.1) is 0 Å². The van der Waals surface area contributed by atoms with Gasteiger partial charge in [-0.1, -0.05) is 13.0 Å². The Labute approximate surface area is 114 Å². The molecule has 2 aliphatic carbocycles. The monoisotopic (exact) mass is 258 g/mol. The third kappa shape index (κ3) is 1.09. The molecule has 1 spiro atoms. The first-order valence-electron chi connectivity index (χ1n) is 7.13. The lowest BCUT2D eigenvalue weighted by Crippen LogP contribution is -2.70. The highest BCUT2D eigenvalue weighted by Gasteiger charge is 2.71. The molecule has 1 aliphatic heterocycles. The van der Waals surface area contributed by atoms with E-state index < -0.39 is 0 Å². The van der Waals surface area contributed by atoms with E-state index in [4.69, 9.17) is 4.74 Å². The summed E-state index contributed by atoms with van der Waals surface area (Å²) in [4.78, 5) is 2.51. The van der Waals surface area contributed by atoms with Crippen molar-refractivity contribution in [3.05, 3.63) is 29.3 Å². The molecule has 19 heavy (non-hydrogen) atoms. The lowest BCUT2D eigenvalue weighted by molar-refractivity contribution is 0.0150. The molecule has 3 nitrogen and oxygen atoms in total. The van der Waals surface area contributed by atoms with Gasteiger partial charge in [-0.3, -0.25) is 4.90 Å². The van der Waals surface area contributed by atoms with Gasteiger partial charge in [-0.2, -0.15) is 0 Å². The van der Waals surface area contributed by atoms with Gasteiger partial charge < -0.3 is 10.1 Å². The van der Waals surface area contributed by atoms with Crippen molar-refractivity contribution in [3.8, 4) is 5.75 Å². The van der Waals surface area contributed by atoms with Gasteiger partial charge in [0.2, 0.25) is 0 Å². The van der Waals surface area contributed by atoms with Crippen LogP contribution in [0, 0.1) is 0 Å². The molecule has 1 unspecified atom stereocenters. The molecule has 1 heterocycles. The summed E-state index contributed by atoms with van der Waals surface area (Å²) in [5.74, 6) is 0.989. The summed E-state index contributed by atoms with van der Waals surface area (Å²) in [6.45, 7) is 3.62. The normalized spacial score (nSPS) is 42.7. The summed E-state index contributed by atoms with van der Waals surface area (Å²) in [5, 5.41) is 3.59. The fraction of sp³-hybridized carbons (Fsp3) is 0.625. The van der Waals surface area contributed by atoms with Crippen LogP contribution in [0.2, 0.25) is 0 Å². The van der Waals surface area contributed by atoms with E-state index in [1.807, 2.05) is 0 Å². The summed E-state index contributed by atoms with van der Waals surface area (Å²) in [6, 6.07) is 7.91. The summed E-state index contributed by atoms with van der Waals surface area (Å²) in [6.07, 6.45) is 1.28. The number of likely N-dealkylation sites (N-methyl/N-ethyl adjacent to an activating group) is 2. The van der Waals surface area contributed by atoms with E-state index >= 15 is 0 Å². The first-order chi connectivity index (χ1) is 9.06. The Hall–Kier alpha value is -1.06. The number of hydrogen-bond donors (Lipinski definition) is 1. The molecule has 2 fully saturated rings. The topological polar surface area (TPSA) is 24.5 Å². The Balaban J connectivity index is 1.93. The molecule has 0 radical (unpaired) electrons. The number of rotatable bonds is 2. The van der Waals surface area contributed by atoms with Crippen molar-refractivity contribution < 1.29 is 4.74 Å². The van der Waals surface area contributed by atoms with E-state index in [0.29, 0.717) is 17.5 Å². The SMILES string of the molecule is CN[C@@H]1[C@@H]2N(C)CC23C[C@@]1(C)c1cc(OC)ccc13. The Kier molecular flexibility index (Phi) is 2.06. The van der Waals surface area contributed by atoms with Gasteiger partial charge in [0.05, 0.1) is 7.11 Å². The number of fused-ring (bicyclic) bond motifs is 3. The molecule has 0 aromatic heterocycles. The Morgan fingerprint density at radius 1 is 1.37 bits per heavy atom. The van der Waals surface area contributed by atoms with E-state index in [2.05, 4.69) is 49.4 Å². The highest BCUT2D eigenvalue weighted by atomic mass is 16.5. The van der Waals surface area contributed by atoms with Crippen molar-refractivity contribution in [2.45, 2.75) is 36.3 Å². The van der Waals surface area contributed by atoms with Crippen LogP contribution >= 0.6 is 0 Å². The second-order valence-electron chi connectivity index (χ2n) is 6.79. The van der Waals surface area contributed by atoms with Gasteiger partial charge in [-0.25, -0.2) is 0 Å². The lowest BCUT2D eigenvalue weighted by Gasteiger charge is -2.56. The van der Waals surface area contributed by atoms with Crippen LogP contribution in [0.5, 0.6) is 5.75 Å². The molecule has 102 valence electrons. The van der Waals surface area contributed by atoms with Crippen molar-refractivity contribution in [1.29, 1.82) is 0 Å². The molecular weight excluding hydrogens is 236 g/mol. The smallest absolute Gasteiger partial charge is 0.119 e. The van der Waals surface area contributed by atoms with Gasteiger partial charge in [0.15, 0.2) is 0 Å². The van der Waals surface area contributed by atoms with Gasteiger partial charge in [-0.05, 0) is 43.8 Å². The molecule has 2 bridgehead atoms. The molecule has 1 saturated carbocycles. The van der Waals surface area contributed by atoms with Crippen LogP contribution in [-0.4, -0.2) is 44.7 Å². The Morgan fingerprint density at radius 3 is 2.79 bits per heavy atom. The second kappa shape index (κ2) is 3.33. The molecule has 1 saturated heterocycles. The van der Waals surface area contributed by atoms with Crippen LogP contribution in [0.4, 0.5) is 0 Å². The summed E-state index contributed by atoms with van der Waals surface area (Å²) < 4.78 is 5.43. The highest BCUT2D eigenvalue weighted by molar-refractivity contribution is 5.58. The highest BCUT2D eigenvalue weighted by Crippen LogP contribution is 2.66. The van der Waals surface area contributed by atoms with Gasteiger partial charge >= 0.3 is 0 Å². The minimum atomic E-state index is 0.244. The lowest BCUT2D eigenvalue weighted by atomic mass is 9.65. The van der Waals surface area contributed by atoms with E-state index in [0.717, 1.165) is 5.75 Å². The summed E-state index contributed by atoms with van der Waals surface area (Å²) in [5.41, 5.74) is 3.72. The van der Waals surface area contributed by atoms with E-state index in [1.165, 1.54) is 18.5 Å². The molecule has 3 heteroatoms. The number of benzene rings is 1. The minimum Gasteiger partial charge on any atom is -0.497 e. The zero-order chi connectivity index (χ0) is 13.4. The number of nitrogens with zero attached hydrogens (tertiary/aromatic N) is 1. The van der Waals surface area contributed by atoms with E-state index in [-0.39, 0.29) is 5.41 Å². The maximum absolute atomic E-state index is 5.43. The number of likely N-dealkylation sites (tertiary alicyclic amines) is 1. The molecule has 1 aromatic carbocycles. The number of hydrogen-bond acceptors (Lipinski definition) is 3. The first-order valence-corrected chi connectivity index (χ1v) is 7.13. The molecular formula is C16H22N2O. The summed E-state index contributed by atoms with van der Waals surface area (Å²) >= 11 is 0. The van der Waals surface area contributed by atoms with Crippen molar-refractivity contribution in [2.75, 3.05) is 27.7 Å². The maximum atomic E-state index is 5.43. The van der Waals surface area contributed by atoms with Crippen LogP contribution in [0.25, 0.3) is 0 Å². The van der Waals surface area contributed by atoms with Gasteiger partial charge in [0, 0.05) is 29.5 Å². The first kappa shape index (κ1) is 11.7. The largest absolute Gasteiger partial charge is 0.497 e. The molecule has 3 aliphatic rings. The minimum absolute atomic E-state index is 0.244. The van der Waals surface area contributed by atoms with Crippen molar-refractivity contribution >= 4 is 0 Å². The van der Waals surface area contributed by atoms with Gasteiger partial charge in [0.1, 0.15) is 5.75 Å². The van der Waals surface area contributed by atoms with Crippen LogP contribution in [-0.2, 0) is 10.8 Å². The van der Waals surface area contributed by atoms with Crippen LogP contribution in [0.1, 0.15) is 24.5 Å². The Morgan fingerprint density at radius 2 is 2.16 bits per heavy atom. The predicted octanol–water partition coefficient (Wildman–Crippen LogP) is 1.51. The fourth-order valence-electron chi connectivity index (χ4n) is 5.43. The quantitative estimate of drug-likeness (QED) is 0.870. The van der Waals surface area contributed by atoms with Crippen molar-refractivity contribution in [1.82, 2.24) is 10.2 Å². The average molecular weight is 258 g/mol. The van der Waals surface area contributed by atoms with Crippen LogP contribution in [0.3, 0.4) is 0 Å². The van der Waals surface area contributed by atoms with E-state index in [9.17, 15) is 0 Å². The molecule has 1 aromatic rings. The second-order valence-corrected chi connectivity index (χ2v) is 6.79. The van der Waals surface area contributed by atoms with Crippen molar-refractivity contribution in [2.24, 2.45) is 0 Å².